The lowest BCUT2D eigenvalue weighted by atomic mass is 10.0. The van der Waals surface area contributed by atoms with E-state index in [1.807, 2.05) is 0 Å². The molecule has 3 nitrogen and oxygen atoms in total. The van der Waals surface area contributed by atoms with Gasteiger partial charge in [0, 0.05) is 11.3 Å². The number of carboxylic acids is 1. The van der Waals surface area contributed by atoms with Crippen molar-refractivity contribution in [2.75, 3.05) is 0 Å². The summed E-state index contributed by atoms with van der Waals surface area (Å²) in [7, 11) is 0. The summed E-state index contributed by atoms with van der Waals surface area (Å²) >= 11 is 0. The van der Waals surface area contributed by atoms with Crippen molar-refractivity contribution < 1.29 is 31.9 Å². The van der Waals surface area contributed by atoms with E-state index in [0.29, 0.717) is 6.07 Å². The van der Waals surface area contributed by atoms with Gasteiger partial charge in [-0.2, -0.15) is 13.2 Å². The molecule has 0 radical (unpaired) electrons. The van der Waals surface area contributed by atoms with Gasteiger partial charge in [0.05, 0.1) is 6.42 Å². The SMILES string of the molecule is Cc1nc(C(F)(F)F)cc(CC(=O)O)c1C(F)F. The Morgan fingerprint density at radius 2 is 2.00 bits per heavy atom. The van der Waals surface area contributed by atoms with E-state index in [4.69, 9.17) is 5.11 Å². The Kier molecular flexibility index (Phi) is 3.88. The lowest BCUT2D eigenvalue weighted by molar-refractivity contribution is -0.142. The van der Waals surface area contributed by atoms with E-state index in [9.17, 15) is 26.7 Å². The van der Waals surface area contributed by atoms with Crippen molar-refractivity contribution in [3.63, 3.8) is 0 Å². The minimum Gasteiger partial charge on any atom is -0.481 e. The van der Waals surface area contributed by atoms with Gasteiger partial charge in [0.25, 0.3) is 6.43 Å². The fraction of sp³-hybridized carbons (Fsp3) is 0.400. The largest absolute Gasteiger partial charge is 0.481 e. The third-order valence-electron chi connectivity index (χ3n) is 2.19. The summed E-state index contributed by atoms with van der Waals surface area (Å²) < 4.78 is 62.6. The van der Waals surface area contributed by atoms with E-state index in [0.717, 1.165) is 6.92 Å². The van der Waals surface area contributed by atoms with Gasteiger partial charge in [-0.15, -0.1) is 0 Å². The first-order chi connectivity index (χ1) is 8.12. The summed E-state index contributed by atoms with van der Waals surface area (Å²) in [5, 5.41) is 8.51. The molecule has 1 rings (SSSR count). The molecule has 0 aliphatic carbocycles. The van der Waals surface area contributed by atoms with E-state index in [2.05, 4.69) is 4.98 Å². The summed E-state index contributed by atoms with van der Waals surface area (Å²) in [6.45, 7) is 0.988. The van der Waals surface area contributed by atoms with Crippen LogP contribution >= 0.6 is 0 Å². The summed E-state index contributed by atoms with van der Waals surface area (Å²) in [6, 6.07) is 0.350. The van der Waals surface area contributed by atoms with Crippen LogP contribution in [-0.4, -0.2) is 16.1 Å². The minimum atomic E-state index is -4.81. The van der Waals surface area contributed by atoms with Crippen molar-refractivity contribution in [1.82, 2.24) is 4.98 Å². The fourth-order valence-electron chi connectivity index (χ4n) is 1.50. The third kappa shape index (κ3) is 3.14. The second-order valence-corrected chi connectivity index (χ2v) is 3.53. The number of rotatable bonds is 3. The van der Waals surface area contributed by atoms with Crippen molar-refractivity contribution in [1.29, 1.82) is 0 Å². The number of aliphatic carboxylic acids is 1. The molecule has 0 fully saturated rings. The van der Waals surface area contributed by atoms with Crippen LogP contribution in [0.2, 0.25) is 0 Å². The highest BCUT2D eigenvalue weighted by Crippen LogP contribution is 2.33. The summed E-state index contributed by atoms with van der Waals surface area (Å²) in [5.41, 5.74) is -3.22. The van der Waals surface area contributed by atoms with Crippen LogP contribution in [0.1, 0.15) is 28.9 Å². The zero-order chi connectivity index (χ0) is 14.1. The Bertz CT molecular complexity index is 470. The van der Waals surface area contributed by atoms with Crippen LogP contribution in [0.3, 0.4) is 0 Å². The molecule has 0 atom stereocenters. The lowest BCUT2D eigenvalue weighted by Crippen LogP contribution is -2.14. The van der Waals surface area contributed by atoms with Gasteiger partial charge < -0.3 is 5.11 Å². The van der Waals surface area contributed by atoms with Crippen molar-refractivity contribution in [3.8, 4) is 0 Å². The maximum Gasteiger partial charge on any atom is 0.433 e. The van der Waals surface area contributed by atoms with Gasteiger partial charge in [-0.1, -0.05) is 0 Å². The van der Waals surface area contributed by atoms with Crippen molar-refractivity contribution in [3.05, 3.63) is 28.6 Å². The lowest BCUT2D eigenvalue weighted by Gasteiger charge is -2.14. The highest BCUT2D eigenvalue weighted by Gasteiger charge is 2.34. The molecule has 1 heterocycles. The first-order valence-electron chi connectivity index (χ1n) is 4.70. The number of carboxylic acid groups (broad SMARTS) is 1. The summed E-state index contributed by atoms with van der Waals surface area (Å²) in [6.07, 6.45) is -8.79. The van der Waals surface area contributed by atoms with Crippen molar-refractivity contribution in [2.45, 2.75) is 25.9 Å². The predicted octanol–water partition coefficient (Wildman–Crippen LogP) is 2.97. The fourth-order valence-corrected chi connectivity index (χ4v) is 1.50. The summed E-state index contributed by atoms with van der Waals surface area (Å²) in [5.74, 6) is -1.49. The van der Waals surface area contributed by atoms with Crippen molar-refractivity contribution >= 4 is 5.97 Å². The normalized spacial score (nSPS) is 11.9. The van der Waals surface area contributed by atoms with E-state index >= 15 is 0 Å². The molecule has 1 aromatic heterocycles. The molecule has 0 unspecified atom stereocenters. The Morgan fingerprint density at radius 1 is 1.44 bits per heavy atom. The van der Waals surface area contributed by atoms with Gasteiger partial charge in [0.2, 0.25) is 0 Å². The molecule has 1 N–H and O–H groups in total. The summed E-state index contributed by atoms with van der Waals surface area (Å²) in [4.78, 5) is 13.5. The number of pyridine rings is 1. The standard InChI is InChI=1S/C10H8F5NO2/c1-4-8(9(11)12)5(3-7(17)18)2-6(16-4)10(13,14)15/h2,9H,3H2,1H3,(H,17,18). The van der Waals surface area contributed by atoms with Crippen LogP contribution in [-0.2, 0) is 17.4 Å². The van der Waals surface area contributed by atoms with E-state index in [1.54, 1.807) is 0 Å². The van der Waals surface area contributed by atoms with Gasteiger partial charge in [-0.05, 0) is 18.6 Å². The molecule has 0 saturated carbocycles. The maximum atomic E-state index is 12.7. The molecule has 100 valence electrons. The van der Waals surface area contributed by atoms with E-state index < -0.39 is 47.5 Å². The Hall–Kier alpha value is -1.73. The van der Waals surface area contributed by atoms with Gasteiger partial charge in [0.1, 0.15) is 5.69 Å². The second kappa shape index (κ2) is 4.87. The minimum absolute atomic E-state index is 0.350. The number of alkyl halides is 5. The number of nitrogens with zero attached hydrogens (tertiary/aromatic N) is 1. The molecule has 0 aliphatic heterocycles. The smallest absolute Gasteiger partial charge is 0.433 e. The predicted molar refractivity (Wildman–Crippen MR) is 50.3 cm³/mol. The average Bonchev–Trinajstić information content (AvgIpc) is 2.13. The molecule has 18 heavy (non-hydrogen) atoms. The molecule has 0 aliphatic rings. The maximum absolute atomic E-state index is 12.7. The molecule has 1 aromatic rings. The topological polar surface area (TPSA) is 50.2 Å². The Balaban J connectivity index is 3.42. The van der Waals surface area contributed by atoms with Gasteiger partial charge in [0.15, 0.2) is 0 Å². The van der Waals surface area contributed by atoms with Crippen LogP contribution < -0.4 is 0 Å². The third-order valence-corrected chi connectivity index (χ3v) is 2.19. The Morgan fingerprint density at radius 3 is 2.39 bits per heavy atom. The zero-order valence-corrected chi connectivity index (χ0v) is 9.05. The second-order valence-electron chi connectivity index (χ2n) is 3.53. The highest BCUT2D eigenvalue weighted by atomic mass is 19.4. The molecule has 0 bridgehead atoms. The highest BCUT2D eigenvalue weighted by molar-refractivity contribution is 5.71. The number of aryl methyl sites for hydroxylation is 1. The number of halogens is 5. The Labute approximate surface area is 98.3 Å². The monoisotopic (exact) mass is 269 g/mol. The number of carbonyl (C=O) groups is 1. The zero-order valence-electron chi connectivity index (χ0n) is 9.05. The molecular formula is C10H8F5NO2. The average molecular weight is 269 g/mol. The van der Waals surface area contributed by atoms with Crippen molar-refractivity contribution in [2.24, 2.45) is 0 Å². The van der Waals surface area contributed by atoms with Gasteiger partial charge in [-0.3, -0.25) is 4.79 Å². The quantitative estimate of drug-likeness (QED) is 0.858. The van der Waals surface area contributed by atoms with Crippen LogP contribution in [0.4, 0.5) is 22.0 Å². The number of hydrogen-bond donors (Lipinski definition) is 1. The van der Waals surface area contributed by atoms with Gasteiger partial charge in [-0.25, -0.2) is 13.8 Å². The van der Waals surface area contributed by atoms with E-state index in [-0.39, 0.29) is 0 Å². The van der Waals surface area contributed by atoms with Crippen LogP contribution in [0.15, 0.2) is 6.07 Å². The molecule has 0 spiro atoms. The van der Waals surface area contributed by atoms with E-state index in [1.165, 1.54) is 0 Å². The van der Waals surface area contributed by atoms with Crippen LogP contribution in [0, 0.1) is 6.92 Å². The molecule has 0 amide bonds. The molecule has 0 aromatic carbocycles. The number of hydrogen-bond acceptors (Lipinski definition) is 2. The first kappa shape index (κ1) is 14.3. The molecular weight excluding hydrogens is 261 g/mol. The van der Waals surface area contributed by atoms with Crippen LogP contribution in [0.25, 0.3) is 0 Å². The molecule has 8 heteroatoms. The number of aromatic nitrogens is 1. The first-order valence-corrected chi connectivity index (χ1v) is 4.70. The van der Waals surface area contributed by atoms with Crippen LogP contribution in [0.5, 0.6) is 0 Å². The van der Waals surface area contributed by atoms with Gasteiger partial charge >= 0.3 is 12.1 Å². The molecule has 0 saturated heterocycles.